The Hall–Kier alpha value is -4.60. The molecule has 0 fully saturated rings. The Bertz CT molecular complexity index is 1290. The maximum Gasteiger partial charge on any atom is 0.341 e. The average molecular weight is 447 g/mol. The lowest BCUT2D eigenvalue weighted by molar-refractivity contribution is 0.0692. The molecule has 0 spiro atoms. The number of methoxy groups -OCH3 is 1. The van der Waals surface area contributed by atoms with Crippen LogP contribution < -0.4 is 20.1 Å². The van der Waals surface area contributed by atoms with E-state index in [1.54, 1.807) is 22.8 Å². The summed E-state index contributed by atoms with van der Waals surface area (Å²) in [5, 5.41) is 19.1. The molecule has 0 aliphatic rings. The number of carbonyl (C=O) groups is 2. The minimum absolute atomic E-state index is 0.0290. The third-order valence-electron chi connectivity index (χ3n) is 4.71. The zero-order valence-corrected chi connectivity index (χ0v) is 17.7. The van der Waals surface area contributed by atoms with Crippen LogP contribution in [0.4, 0.5) is 10.6 Å². The van der Waals surface area contributed by atoms with Gasteiger partial charge in [-0.25, -0.2) is 19.1 Å². The molecule has 168 valence electrons. The van der Waals surface area contributed by atoms with Crippen LogP contribution in [0.5, 0.6) is 11.6 Å². The molecule has 0 unspecified atom stereocenters. The highest BCUT2D eigenvalue weighted by atomic mass is 16.5. The van der Waals surface area contributed by atoms with Crippen LogP contribution in [0.15, 0.2) is 67.0 Å². The van der Waals surface area contributed by atoms with E-state index < -0.39 is 12.0 Å². The third-order valence-corrected chi connectivity index (χ3v) is 4.71. The Morgan fingerprint density at radius 1 is 1.09 bits per heavy atom. The summed E-state index contributed by atoms with van der Waals surface area (Å²) in [5.41, 5.74) is 2.04. The van der Waals surface area contributed by atoms with E-state index in [1.165, 1.54) is 19.4 Å². The highest BCUT2D eigenvalue weighted by Crippen LogP contribution is 2.26. The second kappa shape index (κ2) is 9.69. The molecule has 3 heterocycles. The number of amides is 2. The molecule has 4 rings (SSSR count). The number of carboxylic acid groups (broad SMARTS) is 1. The van der Waals surface area contributed by atoms with Crippen molar-refractivity contribution in [3.63, 3.8) is 0 Å². The van der Waals surface area contributed by atoms with Gasteiger partial charge in [-0.3, -0.25) is 5.32 Å². The maximum atomic E-state index is 12.1. The van der Waals surface area contributed by atoms with Crippen molar-refractivity contribution in [2.75, 3.05) is 25.6 Å². The second-order valence-electron chi connectivity index (χ2n) is 6.94. The second-order valence-corrected chi connectivity index (χ2v) is 6.94. The number of benzene rings is 1. The molecule has 3 aromatic heterocycles. The van der Waals surface area contributed by atoms with Gasteiger partial charge in [-0.15, -0.1) is 5.10 Å². The van der Waals surface area contributed by atoms with Crippen LogP contribution in [0, 0.1) is 0 Å². The molecular formula is C23H21N5O5. The molecule has 33 heavy (non-hydrogen) atoms. The average Bonchev–Trinajstić information content (AvgIpc) is 3.23. The van der Waals surface area contributed by atoms with Crippen LogP contribution in [0.1, 0.15) is 10.4 Å². The topological polar surface area (TPSA) is 127 Å². The van der Waals surface area contributed by atoms with E-state index in [0.29, 0.717) is 30.0 Å². The summed E-state index contributed by atoms with van der Waals surface area (Å²) in [4.78, 5) is 27.7. The summed E-state index contributed by atoms with van der Waals surface area (Å²) in [6.45, 7) is 0.662. The Kier molecular flexibility index (Phi) is 6.35. The van der Waals surface area contributed by atoms with E-state index in [2.05, 4.69) is 20.7 Å². The van der Waals surface area contributed by atoms with Gasteiger partial charge in [0.25, 0.3) is 0 Å². The van der Waals surface area contributed by atoms with Gasteiger partial charge in [-0.2, -0.15) is 0 Å². The van der Waals surface area contributed by atoms with Crippen molar-refractivity contribution < 1.29 is 24.2 Å². The van der Waals surface area contributed by atoms with Crippen molar-refractivity contribution in [1.29, 1.82) is 0 Å². The minimum Gasteiger partial charge on any atom is -0.492 e. The first kappa shape index (κ1) is 21.6. The summed E-state index contributed by atoms with van der Waals surface area (Å²) in [5.74, 6) is 0.0211. The molecule has 2 amide bonds. The summed E-state index contributed by atoms with van der Waals surface area (Å²) in [7, 11) is 1.37. The monoisotopic (exact) mass is 447 g/mol. The standard InChI is InChI=1S/C23H21N5O5/c1-32-21-19(22(29)30)12-16(14-25-21)15-7-9-28-17(11-15)13-20(27-28)26-23(31)24-8-10-33-18-5-3-2-4-6-18/h2-7,9,11-14H,8,10H2,1H3,(H,29,30)(H2,24,26,27,31). The highest BCUT2D eigenvalue weighted by Gasteiger charge is 2.14. The molecule has 0 aliphatic heterocycles. The summed E-state index contributed by atoms with van der Waals surface area (Å²) in [6, 6.07) is 15.7. The van der Waals surface area contributed by atoms with Crippen molar-refractivity contribution in [1.82, 2.24) is 19.9 Å². The SMILES string of the molecule is COc1ncc(-c2ccn3nc(NC(=O)NCCOc4ccccc4)cc3c2)cc1C(=O)O. The lowest BCUT2D eigenvalue weighted by atomic mass is 10.1. The number of nitrogens with zero attached hydrogens (tertiary/aromatic N) is 3. The molecule has 4 aromatic rings. The van der Waals surface area contributed by atoms with Crippen molar-refractivity contribution in [3.05, 3.63) is 72.6 Å². The molecule has 10 nitrogen and oxygen atoms in total. The number of pyridine rings is 2. The van der Waals surface area contributed by atoms with E-state index in [0.717, 1.165) is 11.3 Å². The Labute approximate surface area is 188 Å². The van der Waals surface area contributed by atoms with Crippen LogP contribution >= 0.6 is 0 Å². The number of aromatic carboxylic acids is 1. The molecule has 0 saturated carbocycles. The number of carbonyl (C=O) groups excluding carboxylic acids is 1. The van der Waals surface area contributed by atoms with E-state index in [9.17, 15) is 14.7 Å². The van der Waals surface area contributed by atoms with Crippen LogP contribution in [0.2, 0.25) is 0 Å². The molecular weight excluding hydrogens is 426 g/mol. The van der Waals surface area contributed by atoms with Crippen molar-refractivity contribution >= 4 is 23.3 Å². The lowest BCUT2D eigenvalue weighted by Gasteiger charge is -2.07. The normalized spacial score (nSPS) is 10.6. The fourth-order valence-corrected chi connectivity index (χ4v) is 3.17. The van der Waals surface area contributed by atoms with Gasteiger partial charge in [0.05, 0.1) is 19.2 Å². The van der Waals surface area contributed by atoms with Gasteiger partial charge in [0.15, 0.2) is 5.82 Å². The Morgan fingerprint density at radius 3 is 2.67 bits per heavy atom. The van der Waals surface area contributed by atoms with Gasteiger partial charge >= 0.3 is 12.0 Å². The first-order valence-electron chi connectivity index (χ1n) is 10.0. The summed E-state index contributed by atoms with van der Waals surface area (Å²) < 4.78 is 12.1. The molecule has 0 atom stereocenters. The Morgan fingerprint density at radius 2 is 1.91 bits per heavy atom. The summed E-state index contributed by atoms with van der Waals surface area (Å²) in [6.07, 6.45) is 3.25. The number of rotatable bonds is 8. The molecule has 0 radical (unpaired) electrons. The number of nitrogens with one attached hydrogen (secondary N) is 2. The molecule has 0 saturated heterocycles. The predicted molar refractivity (Wildman–Crippen MR) is 121 cm³/mol. The summed E-state index contributed by atoms with van der Waals surface area (Å²) >= 11 is 0. The molecule has 10 heteroatoms. The molecule has 0 bridgehead atoms. The smallest absolute Gasteiger partial charge is 0.341 e. The van der Waals surface area contributed by atoms with E-state index in [4.69, 9.17) is 9.47 Å². The number of carboxylic acids is 1. The van der Waals surface area contributed by atoms with Gasteiger partial charge in [0.2, 0.25) is 5.88 Å². The van der Waals surface area contributed by atoms with Crippen LogP contribution in [0.3, 0.4) is 0 Å². The first-order chi connectivity index (χ1) is 16.0. The van der Waals surface area contributed by atoms with Gasteiger partial charge in [0, 0.05) is 24.0 Å². The van der Waals surface area contributed by atoms with Crippen LogP contribution in [-0.4, -0.2) is 52.0 Å². The Balaban J connectivity index is 1.40. The number of hydrogen-bond donors (Lipinski definition) is 3. The first-order valence-corrected chi connectivity index (χ1v) is 10.0. The van der Waals surface area contributed by atoms with Gasteiger partial charge in [-0.1, -0.05) is 18.2 Å². The molecule has 1 aromatic carbocycles. The van der Waals surface area contributed by atoms with Gasteiger partial charge in [0.1, 0.15) is 17.9 Å². The van der Waals surface area contributed by atoms with E-state index in [1.807, 2.05) is 36.4 Å². The number of ether oxygens (including phenoxy) is 2. The predicted octanol–water partition coefficient (Wildman–Crippen LogP) is 3.30. The number of anilines is 1. The van der Waals surface area contributed by atoms with Crippen LogP contribution in [-0.2, 0) is 0 Å². The zero-order valence-electron chi connectivity index (χ0n) is 17.7. The number of hydrogen-bond acceptors (Lipinski definition) is 6. The van der Waals surface area contributed by atoms with Crippen molar-refractivity contribution in [3.8, 4) is 22.8 Å². The number of aromatic nitrogens is 3. The zero-order chi connectivity index (χ0) is 23.2. The third kappa shape index (κ3) is 5.18. The fraction of sp³-hybridized carbons (Fsp3) is 0.130. The highest BCUT2D eigenvalue weighted by molar-refractivity contribution is 5.92. The van der Waals surface area contributed by atoms with Crippen molar-refractivity contribution in [2.24, 2.45) is 0 Å². The maximum absolute atomic E-state index is 12.1. The fourth-order valence-electron chi connectivity index (χ4n) is 3.17. The lowest BCUT2D eigenvalue weighted by Crippen LogP contribution is -2.32. The minimum atomic E-state index is -1.13. The quantitative estimate of drug-likeness (QED) is 0.354. The van der Waals surface area contributed by atoms with Gasteiger partial charge < -0.3 is 19.9 Å². The molecule has 0 aliphatic carbocycles. The van der Waals surface area contributed by atoms with E-state index in [-0.39, 0.29) is 11.4 Å². The largest absolute Gasteiger partial charge is 0.492 e. The van der Waals surface area contributed by atoms with Crippen LogP contribution in [0.25, 0.3) is 16.6 Å². The van der Waals surface area contributed by atoms with E-state index >= 15 is 0 Å². The molecule has 3 N–H and O–H groups in total. The van der Waals surface area contributed by atoms with Gasteiger partial charge in [-0.05, 0) is 35.9 Å². The number of fused-ring (bicyclic) bond motifs is 1. The number of para-hydroxylation sites is 1. The number of urea groups is 1. The van der Waals surface area contributed by atoms with Crippen molar-refractivity contribution in [2.45, 2.75) is 0 Å².